The van der Waals surface area contributed by atoms with Crippen molar-refractivity contribution >= 4 is 33.2 Å². The van der Waals surface area contributed by atoms with Gasteiger partial charge >= 0.3 is 0 Å². The molecule has 0 bridgehead atoms. The summed E-state index contributed by atoms with van der Waals surface area (Å²) in [5, 5.41) is 0. The van der Waals surface area contributed by atoms with Gasteiger partial charge in [0.2, 0.25) is 0 Å². The van der Waals surface area contributed by atoms with Crippen LogP contribution in [0.4, 0.5) is 0 Å². The maximum atomic E-state index is 10.9. The molecule has 0 spiro atoms. The highest BCUT2D eigenvalue weighted by atomic mass is 33.1. The van der Waals surface area contributed by atoms with E-state index in [1.807, 2.05) is 10.8 Å². The van der Waals surface area contributed by atoms with Crippen LogP contribution in [-0.4, -0.2) is 22.1 Å². The standard InChI is InChI=1S/C12H22O2S2/c1-10(13)6-5-9-15-16-12(3,4)8-7-11(2)14/h5-9H2,1-4H3. The molecular formula is C12H22O2S2. The number of ketones is 2. The van der Waals surface area contributed by atoms with Crippen molar-refractivity contribution < 1.29 is 9.59 Å². The van der Waals surface area contributed by atoms with Crippen LogP contribution in [0, 0.1) is 0 Å². The van der Waals surface area contributed by atoms with E-state index in [4.69, 9.17) is 0 Å². The molecule has 0 heterocycles. The molecule has 0 aliphatic heterocycles. The van der Waals surface area contributed by atoms with E-state index in [0.717, 1.165) is 18.6 Å². The van der Waals surface area contributed by atoms with Gasteiger partial charge in [0.15, 0.2) is 0 Å². The van der Waals surface area contributed by atoms with E-state index in [1.54, 1.807) is 24.6 Å². The fourth-order valence-electron chi connectivity index (χ4n) is 1.10. The first-order valence-electron chi connectivity index (χ1n) is 5.63. The van der Waals surface area contributed by atoms with Gasteiger partial charge in [-0.2, -0.15) is 0 Å². The second-order valence-electron chi connectivity index (χ2n) is 4.67. The fourth-order valence-corrected chi connectivity index (χ4v) is 3.76. The first-order chi connectivity index (χ1) is 7.33. The van der Waals surface area contributed by atoms with Crippen LogP contribution < -0.4 is 0 Å². The summed E-state index contributed by atoms with van der Waals surface area (Å²) >= 11 is 0. The second-order valence-corrected chi connectivity index (χ2v) is 7.80. The largest absolute Gasteiger partial charge is 0.300 e. The van der Waals surface area contributed by atoms with Gasteiger partial charge < -0.3 is 9.59 Å². The van der Waals surface area contributed by atoms with Gasteiger partial charge in [0.25, 0.3) is 0 Å². The Bertz CT molecular complexity index is 237. The summed E-state index contributed by atoms with van der Waals surface area (Å²) in [5.74, 6) is 1.53. The summed E-state index contributed by atoms with van der Waals surface area (Å²) < 4.78 is 0.145. The van der Waals surface area contributed by atoms with E-state index in [-0.39, 0.29) is 16.3 Å². The Balaban J connectivity index is 3.57. The lowest BCUT2D eigenvalue weighted by molar-refractivity contribution is -0.117. The summed E-state index contributed by atoms with van der Waals surface area (Å²) in [7, 11) is 3.63. The minimum absolute atomic E-state index is 0.145. The lowest BCUT2D eigenvalue weighted by Gasteiger charge is -2.22. The molecule has 0 saturated heterocycles. The van der Waals surface area contributed by atoms with E-state index in [9.17, 15) is 9.59 Å². The number of carbonyl (C=O) groups excluding carboxylic acids is 2. The normalized spacial score (nSPS) is 11.5. The van der Waals surface area contributed by atoms with Gasteiger partial charge in [-0.1, -0.05) is 21.6 Å². The van der Waals surface area contributed by atoms with E-state index >= 15 is 0 Å². The molecule has 16 heavy (non-hydrogen) atoms. The van der Waals surface area contributed by atoms with E-state index in [2.05, 4.69) is 13.8 Å². The van der Waals surface area contributed by atoms with Crippen LogP contribution in [0.3, 0.4) is 0 Å². The van der Waals surface area contributed by atoms with Gasteiger partial charge in [-0.25, -0.2) is 0 Å². The van der Waals surface area contributed by atoms with Gasteiger partial charge in [0.1, 0.15) is 11.6 Å². The number of hydrogen-bond donors (Lipinski definition) is 0. The Labute approximate surface area is 107 Å². The molecule has 0 unspecified atom stereocenters. The predicted molar refractivity (Wildman–Crippen MR) is 74.0 cm³/mol. The summed E-state index contributed by atoms with van der Waals surface area (Å²) in [6, 6.07) is 0. The van der Waals surface area contributed by atoms with E-state index < -0.39 is 0 Å². The van der Waals surface area contributed by atoms with Crippen LogP contribution in [0.15, 0.2) is 0 Å². The minimum atomic E-state index is 0.145. The smallest absolute Gasteiger partial charge is 0.129 e. The molecule has 0 fully saturated rings. The average Bonchev–Trinajstić information content (AvgIpc) is 2.14. The monoisotopic (exact) mass is 262 g/mol. The maximum Gasteiger partial charge on any atom is 0.129 e. The third kappa shape index (κ3) is 10.6. The van der Waals surface area contributed by atoms with Gasteiger partial charge in [0, 0.05) is 23.3 Å². The molecule has 0 atom stereocenters. The Morgan fingerprint density at radius 2 is 1.62 bits per heavy atom. The molecule has 0 amide bonds. The van der Waals surface area contributed by atoms with Crippen molar-refractivity contribution in [2.75, 3.05) is 5.75 Å². The van der Waals surface area contributed by atoms with E-state index in [1.165, 1.54) is 0 Å². The van der Waals surface area contributed by atoms with Crippen molar-refractivity contribution in [2.45, 2.75) is 58.1 Å². The topological polar surface area (TPSA) is 34.1 Å². The van der Waals surface area contributed by atoms with Crippen LogP contribution >= 0.6 is 21.6 Å². The third-order valence-electron chi connectivity index (χ3n) is 2.12. The van der Waals surface area contributed by atoms with Gasteiger partial charge in [-0.15, -0.1) is 0 Å². The molecular weight excluding hydrogens is 240 g/mol. The van der Waals surface area contributed by atoms with Gasteiger partial charge in [-0.3, -0.25) is 0 Å². The molecule has 0 aromatic carbocycles. The average molecular weight is 262 g/mol. The first-order valence-corrected chi connectivity index (χ1v) is 7.95. The second kappa shape index (κ2) is 8.18. The zero-order chi connectivity index (χ0) is 12.6. The third-order valence-corrected chi connectivity index (χ3v) is 5.56. The zero-order valence-corrected chi connectivity index (χ0v) is 12.3. The SMILES string of the molecule is CC(=O)CCCSSC(C)(C)CCC(C)=O. The minimum Gasteiger partial charge on any atom is -0.300 e. The lowest BCUT2D eigenvalue weighted by atomic mass is 10.1. The fraction of sp³-hybridized carbons (Fsp3) is 0.833. The van der Waals surface area contributed by atoms with Crippen molar-refractivity contribution in [2.24, 2.45) is 0 Å². The first kappa shape index (κ1) is 16.0. The van der Waals surface area contributed by atoms with Crippen molar-refractivity contribution in [3.8, 4) is 0 Å². The number of hydrogen-bond acceptors (Lipinski definition) is 4. The van der Waals surface area contributed by atoms with Crippen molar-refractivity contribution in [1.29, 1.82) is 0 Å². The molecule has 0 saturated carbocycles. The van der Waals surface area contributed by atoms with Crippen LogP contribution in [0.5, 0.6) is 0 Å². The van der Waals surface area contributed by atoms with Gasteiger partial charge in [-0.05, 0) is 40.5 Å². The molecule has 0 aliphatic rings. The Morgan fingerprint density at radius 1 is 1.06 bits per heavy atom. The molecule has 0 aliphatic carbocycles. The van der Waals surface area contributed by atoms with Crippen molar-refractivity contribution in [1.82, 2.24) is 0 Å². The number of carbonyl (C=O) groups is 2. The molecule has 0 rings (SSSR count). The van der Waals surface area contributed by atoms with Crippen molar-refractivity contribution in [3.05, 3.63) is 0 Å². The summed E-state index contributed by atoms with van der Waals surface area (Å²) in [6.45, 7) is 7.60. The summed E-state index contributed by atoms with van der Waals surface area (Å²) in [4.78, 5) is 21.6. The Morgan fingerprint density at radius 3 is 2.12 bits per heavy atom. The number of rotatable bonds is 9. The molecule has 0 aromatic heterocycles. The predicted octanol–water partition coefficient (Wildman–Crippen LogP) is 3.88. The Kier molecular flexibility index (Phi) is 8.20. The highest BCUT2D eigenvalue weighted by Gasteiger charge is 2.19. The lowest BCUT2D eigenvalue weighted by Crippen LogP contribution is -2.14. The molecule has 2 nitrogen and oxygen atoms in total. The Hall–Kier alpha value is 0.0400. The highest BCUT2D eigenvalue weighted by Crippen LogP contribution is 2.39. The molecule has 4 heteroatoms. The molecule has 94 valence electrons. The molecule has 0 radical (unpaired) electrons. The highest BCUT2D eigenvalue weighted by molar-refractivity contribution is 8.77. The zero-order valence-electron chi connectivity index (χ0n) is 10.7. The van der Waals surface area contributed by atoms with Crippen LogP contribution in [0.25, 0.3) is 0 Å². The van der Waals surface area contributed by atoms with Gasteiger partial charge in [0.05, 0.1) is 0 Å². The maximum absolute atomic E-state index is 10.9. The van der Waals surface area contributed by atoms with Crippen LogP contribution in [0.2, 0.25) is 0 Å². The molecule has 0 aromatic rings. The quantitative estimate of drug-likeness (QED) is 0.466. The van der Waals surface area contributed by atoms with Crippen LogP contribution in [0.1, 0.15) is 53.4 Å². The van der Waals surface area contributed by atoms with Crippen molar-refractivity contribution in [3.63, 3.8) is 0 Å². The van der Waals surface area contributed by atoms with E-state index in [0.29, 0.717) is 12.8 Å². The summed E-state index contributed by atoms with van der Waals surface area (Å²) in [5.41, 5.74) is 0. The summed E-state index contributed by atoms with van der Waals surface area (Å²) in [6.07, 6.45) is 3.22. The number of Topliss-reactive ketones (excluding diaryl/α,β-unsaturated/α-hetero) is 2. The van der Waals surface area contributed by atoms with Crippen LogP contribution in [-0.2, 0) is 9.59 Å². The molecule has 0 N–H and O–H groups in total.